The number of unbranched alkanes of at least 4 members (excludes halogenated alkanes) is 30. The van der Waals surface area contributed by atoms with Crippen LogP contribution in [0.25, 0.3) is 0 Å². The second-order valence-electron chi connectivity index (χ2n) is 24.6. The molecule has 14 nitrogen and oxygen atoms in total. The molecule has 12 unspecified atom stereocenters. The number of carbonyl (C=O) groups excluding carboxylic acids is 1. The van der Waals surface area contributed by atoms with Crippen LogP contribution in [0.1, 0.15) is 271 Å². The van der Waals surface area contributed by atoms with E-state index in [1.807, 2.05) is 6.08 Å². The van der Waals surface area contributed by atoms with E-state index in [2.05, 4.69) is 104 Å². The number of hydrogen-bond acceptors (Lipinski definition) is 13. The maximum atomic E-state index is 13.3. The highest BCUT2D eigenvalue weighted by Crippen LogP contribution is 2.30. The SMILES string of the molecule is CC/C=C\C/C=C\C/C=C\C/C=C\C/C=C\C/C=C\CCCCCCCCCCCCCCC(=O)NC(COC1OC(CO)C(OC2OC(CO)C(O)C(O)C2O)C(O)C1O)C(O)/C=C/CC/C=C/CCCCCCCCCCCCCCCCCCC. The molecule has 2 aliphatic rings. The van der Waals surface area contributed by atoms with Crippen LogP contribution in [0, 0.1) is 0 Å². The van der Waals surface area contributed by atoms with Crippen molar-refractivity contribution in [3.8, 4) is 0 Å². The Morgan fingerprint density at radius 3 is 1.25 bits per heavy atom. The van der Waals surface area contributed by atoms with Gasteiger partial charge >= 0.3 is 0 Å². The van der Waals surface area contributed by atoms with Crippen molar-refractivity contribution in [1.82, 2.24) is 5.32 Å². The summed E-state index contributed by atoms with van der Waals surface area (Å²) in [4.78, 5) is 13.3. The Morgan fingerprint density at radius 1 is 0.420 bits per heavy atom. The lowest BCUT2D eigenvalue weighted by Gasteiger charge is -2.46. The fourth-order valence-corrected chi connectivity index (χ4v) is 11.1. The van der Waals surface area contributed by atoms with Crippen LogP contribution < -0.4 is 5.32 Å². The Bertz CT molecular complexity index is 1850. The van der Waals surface area contributed by atoms with Crippen LogP contribution >= 0.6 is 0 Å². The quantitative estimate of drug-likeness (QED) is 0.0204. The Labute approximate surface area is 534 Å². The predicted molar refractivity (Wildman–Crippen MR) is 359 cm³/mol. The van der Waals surface area contributed by atoms with Crippen molar-refractivity contribution >= 4 is 5.91 Å². The molecule has 88 heavy (non-hydrogen) atoms. The van der Waals surface area contributed by atoms with E-state index in [0.717, 1.165) is 77.0 Å². The largest absolute Gasteiger partial charge is 0.394 e. The van der Waals surface area contributed by atoms with E-state index in [1.165, 1.54) is 161 Å². The second kappa shape index (κ2) is 57.8. The van der Waals surface area contributed by atoms with Crippen molar-refractivity contribution in [3.63, 3.8) is 0 Å². The first-order valence-electron chi connectivity index (χ1n) is 35.5. The van der Waals surface area contributed by atoms with Crippen LogP contribution in [0.3, 0.4) is 0 Å². The average Bonchev–Trinajstić information content (AvgIpc) is 3.10. The van der Waals surface area contributed by atoms with Gasteiger partial charge in [-0.3, -0.25) is 4.79 Å². The standard InChI is InChI=1S/C74H129NO13/c1-3-5-7-9-11-13-15-17-19-21-23-25-27-28-29-30-31-32-33-34-36-38-40-42-44-46-48-50-52-54-56-58-66(79)75-62(61-85-73-71(84)69(82)72(65(60-77)87-73)88-74-70(83)68(81)67(80)64(59-76)86-74)63(78)57-55-53-51-49-47-45-43-41-39-37-35-26-24-22-20-18-16-14-12-10-8-6-4-2/h5,7,11,13,17,19,23,25,28-29,31-32,47,49,55,57,62-65,67-74,76-78,80-84H,3-4,6,8-10,12,14-16,18,20-22,24,26-27,30,33-46,48,50-54,56,58-61H2,1-2H3,(H,75,79)/b7-5-,13-11-,19-17-,25-23-,29-28-,32-31-,49-47+,57-55+. The van der Waals surface area contributed by atoms with Crippen molar-refractivity contribution in [1.29, 1.82) is 0 Å². The van der Waals surface area contributed by atoms with Gasteiger partial charge in [0, 0.05) is 6.42 Å². The van der Waals surface area contributed by atoms with Gasteiger partial charge < -0.3 is 65.1 Å². The van der Waals surface area contributed by atoms with E-state index < -0.39 is 86.8 Å². The van der Waals surface area contributed by atoms with E-state index >= 15 is 0 Å². The number of allylic oxidation sites excluding steroid dienone is 15. The highest BCUT2D eigenvalue weighted by molar-refractivity contribution is 5.76. The molecule has 12 atom stereocenters. The van der Waals surface area contributed by atoms with Gasteiger partial charge in [0.1, 0.15) is 48.8 Å². The molecule has 2 heterocycles. The Morgan fingerprint density at radius 2 is 0.795 bits per heavy atom. The van der Waals surface area contributed by atoms with Gasteiger partial charge in [-0.25, -0.2) is 0 Å². The number of aliphatic hydroxyl groups excluding tert-OH is 8. The minimum atomic E-state index is -1.80. The third-order valence-electron chi connectivity index (χ3n) is 16.8. The molecule has 2 fully saturated rings. The summed E-state index contributed by atoms with van der Waals surface area (Å²) >= 11 is 0. The lowest BCUT2D eigenvalue weighted by atomic mass is 9.97. The number of rotatable bonds is 57. The number of amides is 1. The molecule has 9 N–H and O–H groups in total. The van der Waals surface area contributed by atoms with Gasteiger partial charge in [0.15, 0.2) is 12.6 Å². The van der Waals surface area contributed by atoms with E-state index in [0.29, 0.717) is 12.8 Å². The molecular weight excluding hydrogens is 1110 g/mol. The number of carbonyl (C=O) groups is 1. The molecule has 1 amide bonds. The van der Waals surface area contributed by atoms with Crippen molar-refractivity contribution < 1.29 is 64.6 Å². The first-order chi connectivity index (χ1) is 43.1. The maximum absolute atomic E-state index is 13.3. The summed E-state index contributed by atoms with van der Waals surface area (Å²) in [7, 11) is 0. The van der Waals surface area contributed by atoms with Gasteiger partial charge in [0.05, 0.1) is 32.0 Å². The molecule has 0 aromatic carbocycles. The van der Waals surface area contributed by atoms with Crippen LogP contribution in [-0.4, -0.2) is 140 Å². The normalized spacial score (nSPS) is 23.8. The zero-order valence-corrected chi connectivity index (χ0v) is 55.2. The van der Waals surface area contributed by atoms with Gasteiger partial charge in [-0.05, 0) is 83.5 Å². The molecular formula is C74H129NO13. The molecule has 0 aromatic rings. The fraction of sp³-hybridized carbons (Fsp3) is 0.770. The van der Waals surface area contributed by atoms with Gasteiger partial charge in [0.25, 0.3) is 0 Å². The molecule has 0 aliphatic carbocycles. The van der Waals surface area contributed by atoms with Gasteiger partial charge in [-0.2, -0.15) is 0 Å². The third kappa shape index (κ3) is 41.4. The average molecular weight is 1240 g/mol. The van der Waals surface area contributed by atoms with Crippen LogP contribution in [0.15, 0.2) is 97.2 Å². The van der Waals surface area contributed by atoms with Gasteiger partial charge in [0.2, 0.25) is 5.91 Å². The summed E-state index contributed by atoms with van der Waals surface area (Å²) in [6, 6.07) is -0.940. The molecule has 14 heteroatoms. The molecule has 2 aliphatic heterocycles. The van der Waals surface area contributed by atoms with Crippen molar-refractivity contribution in [2.24, 2.45) is 0 Å². The van der Waals surface area contributed by atoms with E-state index in [1.54, 1.807) is 6.08 Å². The van der Waals surface area contributed by atoms with Crippen molar-refractivity contribution in [3.05, 3.63) is 97.2 Å². The Kier molecular flexibility index (Phi) is 53.2. The van der Waals surface area contributed by atoms with Crippen LogP contribution in [0.4, 0.5) is 0 Å². The highest BCUT2D eigenvalue weighted by Gasteiger charge is 2.51. The van der Waals surface area contributed by atoms with Crippen LogP contribution in [-0.2, 0) is 23.7 Å². The smallest absolute Gasteiger partial charge is 0.220 e. The van der Waals surface area contributed by atoms with Gasteiger partial charge in [-0.1, -0.05) is 278 Å². The molecule has 2 saturated heterocycles. The Hall–Kier alpha value is -3.09. The first-order valence-corrected chi connectivity index (χ1v) is 35.5. The van der Waals surface area contributed by atoms with E-state index in [-0.39, 0.29) is 18.9 Å². The summed E-state index contributed by atoms with van der Waals surface area (Å²) < 4.78 is 22.8. The van der Waals surface area contributed by atoms with Crippen LogP contribution in [0.5, 0.6) is 0 Å². The van der Waals surface area contributed by atoms with E-state index in [9.17, 15) is 45.6 Å². The predicted octanol–water partition coefficient (Wildman–Crippen LogP) is 14.6. The second-order valence-corrected chi connectivity index (χ2v) is 24.6. The summed E-state index contributed by atoms with van der Waals surface area (Å²) in [5.41, 5.74) is 0. The fourth-order valence-electron chi connectivity index (χ4n) is 11.1. The van der Waals surface area contributed by atoms with E-state index in [4.69, 9.17) is 18.9 Å². The van der Waals surface area contributed by atoms with Crippen LogP contribution in [0.2, 0.25) is 0 Å². The van der Waals surface area contributed by atoms with Gasteiger partial charge in [-0.15, -0.1) is 0 Å². The monoisotopic (exact) mass is 1240 g/mol. The molecule has 2 rings (SSSR count). The number of aliphatic hydroxyl groups is 8. The summed E-state index contributed by atoms with van der Waals surface area (Å²) in [5, 5.41) is 87.4. The molecule has 0 spiro atoms. The number of ether oxygens (including phenoxy) is 4. The van der Waals surface area contributed by atoms with Crippen molar-refractivity contribution in [2.75, 3.05) is 19.8 Å². The lowest BCUT2D eigenvalue weighted by molar-refractivity contribution is -0.359. The zero-order valence-electron chi connectivity index (χ0n) is 55.2. The number of nitrogens with one attached hydrogen (secondary N) is 1. The molecule has 0 saturated carbocycles. The highest BCUT2D eigenvalue weighted by atomic mass is 16.7. The summed E-state index contributed by atoms with van der Waals surface area (Å²) in [6.07, 6.45) is 64.6. The topological polar surface area (TPSA) is 228 Å². The maximum Gasteiger partial charge on any atom is 0.220 e. The molecule has 508 valence electrons. The van der Waals surface area contributed by atoms with Crippen molar-refractivity contribution in [2.45, 2.75) is 344 Å². The minimum Gasteiger partial charge on any atom is -0.394 e. The summed E-state index contributed by atoms with van der Waals surface area (Å²) in [6.45, 7) is 2.69. The number of hydrogen-bond donors (Lipinski definition) is 9. The molecule has 0 bridgehead atoms. The minimum absolute atomic E-state index is 0.253. The lowest BCUT2D eigenvalue weighted by Crippen LogP contribution is -2.65. The Balaban J connectivity index is 1.69. The molecule has 0 aromatic heterocycles. The summed E-state index contributed by atoms with van der Waals surface area (Å²) in [5.74, 6) is -0.253. The zero-order chi connectivity index (χ0) is 63.8. The first kappa shape index (κ1) is 81.0. The third-order valence-corrected chi connectivity index (χ3v) is 16.8. The molecule has 0 radical (unpaired) electrons.